The first-order chi connectivity index (χ1) is 15.1. The molecule has 158 valence electrons. The van der Waals surface area contributed by atoms with Crippen molar-refractivity contribution in [1.82, 2.24) is 9.88 Å². The molecule has 1 aromatic heterocycles. The van der Waals surface area contributed by atoms with Crippen molar-refractivity contribution in [2.24, 2.45) is 0 Å². The van der Waals surface area contributed by atoms with Crippen molar-refractivity contribution >= 4 is 29.0 Å². The van der Waals surface area contributed by atoms with Crippen LogP contribution in [0, 0.1) is 0 Å². The molecule has 0 unspecified atom stereocenters. The van der Waals surface area contributed by atoms with Crippen molar-refractivity contribution in [2.75, 3.05) is 43.6 Å². The number of hydrogen-bond donors (Lipinski definition) is 1. The third-order valence-corrected chi connectivity index (χ3v) is 5.20. The second-order valence-corrected chi connectivity index (χ2v) is 7.20. The highest BCUT2D eigenvalue weighted by atomic mass is 16.5. The van der Waals surface area contributed by atoms with Crippen molar-refractivity contribution in [2.45, 2.75) is 0 Å². The van der Waals surface area contributed by atoms with E-state index in [9.17, 15) is 9.59 Å². The molecule has 1 aliphatic heterocycles. The lowest BCUT2D eigenvalue weighted by Gasteiger charge is -2.27. The number of aromatic nitrogens is 1. The molecule has 0 atom stereocenters. The molecular formula is C24H24N4O3. The minimum absolute atomic E-state index is 0.114. The minimum Gasteiger partial charge on any atom is -0.378 e. The second-order valence-electron chi connectivity index (χ2n) is 7.20. The van der Waals surface area contributed by atoms with Gasteiger partial charge in [0.1, 0.15) is 5.82 Å². The Balaban J connectivity index is 1.48. The van der Waals surface area contributed by atoms with Crippen molar-refractivity contribution < 1.29 is 14.3 Å². The third-order valence-electron chi connectivity index (χ3n) is 5.20. The summed E-state index contributed by atoms with van der Waals surface area (Å²) in [6.07, 6.45) is 1.54. The lowest BCUT2D eigenvalue weighted by molar-refractivity contribution is 0.0303. The van der Waals surface area contributed by atoms with Crippen LogP contribution in [-0.2, 0) is 4.74 Å². The largest absolute Gasteiger partial charge is 0.378 e. The Labute approximate surface area is 181 Å². The summed E-state index contributed by atoms with van der Waals surface area (Å²) in [5, 5.41) is 2.86. The van der Waals surface area contributed by atoms with Crippen LogP contribution in [0.3, 0.4) is 0 Å². The molecule has 31 heavy (non-hydrogen) atoms. The zero-order chi connectivity index (χ0) is 21.6. The predicted octanol–water partition coefficient (Wildman–Crippen LogP) is 3.57. The van der Waals surface area contributed by atoms with Gasteiger partial charge in [0.05, 0.1) is 30.0 Å². The maximum Gasteiger partial charge on any atom is 0.257 e. The second kappa shape index (κ2) is 9.40. The van der Waals surface area contributed by atoms with E-state index < -0.39 is 0 Å². The zero-order valence-electron chi connectivity index (χ0n) is 17.3. The summed E-state index contributed by atoms with van der Waals surface area (Å²) in [6, 6.07) is 20.4. The summed E-state index contributed by atoms with van der Waals surface area (Å²) in [6.45, 7) is 2.13. The molecule has 2 heterocycles. The molecule has 2 amide bonds. The molecule has 7 heteroatoms. The summed E-state index contributed by atoms with van der Waals surface area (Å²) >= 11 is 0. The lowest BCUT2D eigenvalue weighted by Crippen LogP contribution is -2.41. The number of anilines is 3. The van der Waals surface area contributed by atoms with Crippen molar-refractivity contribution in [1.29, 1.82) is 0 Å². The van der Waals surface area contributed by atoms with Crippen LogP contribution in [0.2, 0.25) is 0 Å². The molecule has 7 nitrogen and oxygen atoms in total. The number of para-hydroxylation sites is 2. The fourth-order valence-electron chi connectivity index (χ4n) is 3.41. The average molecular weight is 416 g/mol. The molecule has 0 radical (unpaired) electrons. The van der Waals surface area contributed by atoms with Crippen LogP contribution in [0.5, 0.6) is 0 Å². The maximum atomic E-state index is 12.9. The van der Waals surface area contributed by atoms with E-state index in [0.717, 1.165) is 11.5 Å². The summed E-state index contributed by atoms with van der Waals surface area (Å²) in [5.74, 6) is 0.298. The van der Waals surface area contributed by atoms with Crippen molar-refractivity contribution in [3.63, 3.8) is 0 Å². The topological polar surface area (TPSA) is 74.8 Å². The number of nitrogens with one attached hydrogen (secondary N) is 1. The van der Waals surface area contributed by atoms with E-state index in [2.05, 4.69) is 10.3 Å². The first-order valence-corrected chi connectivity index (χ1v) is 10.2. The molecule has 1 N–H and O–H groups in total. The summed E-state index contributed by atoms with van der Waals surface area (Å²) < 4.78 is 5.32. The van der Waals surface area contributed by atoms with Crippen LogP contribution in [0.4, 0.5) is 17.2 Å². The highest BCUT2D eigenvalue weighted by Crippen LogP contribution is 2.22. The van der Waals surface area contributed by atoms with E-state index >= 15 is 0 Å². The first-order valence-electron chi connectivity index (χ1n) is 10.2. The van der Waals surface area contributed by atoms with Gasteiger partial charge >= 0.3 is 0 Å². The number of benzene rings is 2. The SMILES string of the molecule is CN(c1ccccc1)c1ccc(C(=O)Nc2ccccc2C(=O)N2CCOCC2)cn1. The van der Waals surface area contributed by atoms with Gasteiger partial charge in [0, 0.05) is 32.0 Å². The van der Waals surface area contributed by atoms with E-state index in [1.54, 1.807) is 41.3 Å². The lowest BCUT2D eigenvalue weighted by atomic mass is 10.1. The number of hydrogen-bond acceptors (Lipinski definition) is 5. The number of amides is 2. The van der Waals surface area contributed by atoms with Gasteiger partial charge in [-0.2, -0.15) is 0 Å². The van der Waals surface area contributed by atoms with Gasteiger partial charge < -0.3 is 19.9 Å². The Bertz CT molecular complexity index is 1050. The van der Waals surface area contributed by atoms with Crippen molar-refractivity contribution in [3.8, 4) is 0 Å². The molecule has 1 fully saturated rings. The van der Waals surface area contributed by atoms with Gasteiger partial charge in [0.15, 0.2) is 0 Å². The number of nitrogens with zero attached hydrogens (tertiary/aromatic N) is 3. The summed E-state index contributed by atoms with van der Waals surface area (Å²) in [4.78, 5) is 33.8. The van der Waals surface area contributed by atoms with Crippen LogP contribution in [0.15, 0.2) is 72.9 Å². The summed E-state index contributed by atoms with van der Waals surface area (Å²) in [7, 11) is 1.92. The van der Waals surface area contributed by atoms with E-state index in [0.29, 0.717) is 43.1 Å². The van der Waals surface area contributed by atoms with E-state index in [4.69, 9.17) is 4.74 Å². The molecule has 0 spiro atoms. The Morgan fingerprint density at radius 3 is 2.39 bits per heavy atom. The highest BCUT2D eigenvalue weighted by Gasteiger charge is 2.22. The normalized spacial score (nSPS) is 13.5. The van der Waals surface area contributed by atoms with Gasteiger partial charge in [-0.1, -0.05) is 30.3 Å². The molecule has 0 bridgehead atoms. The van der Waals surface area contributed by atoms with Crippen LogP contribution in [-0.4, -0.2) is 55.0 Å². The van der Waals surface area contributed by atoms with E-state index in [-0.39, 0.29) is 11.8 Å². The maximum absolute atomic E-state index is 12.9. The number of pyridine rings is 1. The standard InChI is InChI=1S/C24H24N4O3/c1-27(19-7-3-2-4-8-19)22-12-11-18(17-25-22)23(29)26-21-10-6-5-9-20(21)24(30)28-13-15-31-16-14-28/h2-12,17H,13-16H2,1H3,(H,26,29). The Morgan fingerprint density at radius 1 is 0.968 bits per heavy atom. The molecule has 1 aliphatic rings. The molecule has 0 aliphatic carbocycles. The van der Waals surface area contributed by atoms with E-state index in [1.165, 1.54) is 6.20 Å². The van der Waals surface area contributed by atoms with Crippen LogP contribution < -0.4 is 10.2 Å². The molecule has 3 aromatic rings. The smallest absolute Gasteiger partial charge is 0.257 e. The highest BCUT2D eigenvalue weighted by molar-refractivity contribution is 6.09. The number of morpholine rings is 1. The van der Waals surface area contributed by atoms with Gasteiger partial charge in [0.25, 0.3) is 11.8 Å². The number of carbonyl (C=O) groups is 2. The minimum atomic E-state index is -0.316. The Hall–Kier alpha value is -3.71. The van der Waals surface area contributed by atoms with Gasteiger partial charge in [-0.15, -0.1) is 0 Å². The molecule has 2 aromatic carbocycles. The third kappa shape index (κ3) is 4.73. The first kappa shape index (κ1) is 20.6. The molecular weight excluding hydrogens is 392 g/mol. The predicted molar refractivity (Wildman–Crippen MR) is 120 cm³/mol. The van der Waals surface area contributed by atoms with Crippen LogP contribution >= 0.6 is 0 Å². The Morgan fingerprint density at radius 2 is 1.68 bits per heavy atom. The quantitative estimate of drug-likeness (QED) is 0.688. The van der Waals surface area contributed by atoms with Gasteiger partial charge in [-0.25, -0.2) is 4.98 Å². The Kier molecular flexibility index (Phi) is 6.24. The zero-order valence-corrected chi connectivity index (χ0v) is 17.3. The van der Waals surface area contributed by atoms with Gasteiger partial charge in [-0.3, -0.25) is 9.59 Å². The average Bonchev–Trinajstić information content (AvgIpc) is 2.84. The molecule has 1 saturated heterocycles. The monoisotopic (exact) mass is 416 g/mol. The van der Waals surface area contributed by atoms with E-state index in [1.807, 2.05) is 42.3 Å². The van der Waals surface area contributed by atoms with Crippen LogP contribution in [0.1, 0.15) is 20.7 Å². The fourth-order valence-corrected chi connectivity index (χ4v) is 3.41. The molecule has 4 rings (SSSR count). The van der Waals surface area contributed by atoms with Gasteiger partial charge in [0.2, 0.25) is 0 Å². The van der Waals surface area contributed by atoms with Gasteiger partial charge in [-0.05, 0) is 36.4 Å². The number of rotatable bonds is 5. The van der Waals surface area contributed by atoms with Crippen molar-refractivity contribution in [3.05, 3.63) is 84.1 Å². The fraction of sp³-hybridized carbons (Fsp3) is 0.208. The van der Waals surface area contributed by atoms with Crippen LogP contribution in [0.25, 0.3) is 0 Å². The molecule has 0 saturated carbocycles. The summed E-state index contributed by atoms with van der Waals surface area (Å²) in [5.41, 5.74) is 2.36. The number of carbonyl (C=O) groups excluding carboxylic acids is 2. The number of ether oxygens (including phenoxy) is 1.